The quantitative estimate of drug-likeness (QED) is 0.556. The zero-order valence-electron chi connectivity index (χ0n) is 13.7. The average molecular weight is 351 g/mol. The maximum atomic E-state index is 12.2. The van der Waals surface area contributed by atoms with Gasteiger partial charge < -0.3 is 10.6 Å². The summed E-state index contributed by atoms with van der Waals surface area (Å²) < 4.78 is 36.7. The van der Waals surface area contributed by atoms with Crippen molar-refractivity contribution in [2.75, 3.05) is 39.8 Å². The van der Waals surface area contributed by atoms with Crippen LogP contribution in [0.5, 0.6) is 0 Å². The van der Waals surface area contributed by atoms with E-state index < -0.39 is 12.7 Å². The topological polar surface area (TPSA) is 52.6 Å². The molecule has 1 rings (SSSR count). The van der Waals surface area contributed by atoms with Crippen molar-refractivity contribution in [3.63, 3.8) is 0 Å². The van der Waals surface area contributed by atoms with E-state index in [1.54, 1.807) is 11.3 Å². The molecule has 0 amide bonds. The molecule has 0 atom stereocenters. The van der Waals surface area contributed by atoms with Crippen molar-refractivity contribution < 1.29 is 13.2 Å². The molecule has 2 N–H and O–H groups in total. The van der Waals surface area contributed by atoms with Crippen LogP contribution in [0.3, 0.4) is 0 Å². The number of aliphatic imine (C=N–C) groups is 1. The van der Waals surface area contributed by atoms with Crippen LogP contribution < -0.4 is 10.6 Å². The number of nitrogens with one attached hydrogen (secondary N) is 2. The lowest BCUT2D eigenvalue weighted by Gasteiger charge is -2.17. The van der Waals surface area contributed by atoms with Crippen LogP contribution in [-0.2, 0) is 6.42 Å². The molecule has 132 valence electrons. The lowest BCUT2D eigenvalue weighted by Crippen LogP contribution is -2.39. The molecule has 0 aliphatic rings. The highest BCUT2D eigenvalue weighted by molar-refractivity contribution is 7.11. The molecule has 9 heteroatoms. The van der Waals surface area contributed by atoms with Crippen LogP contribution >= 0.6 is 11.3 Å². The van der Waals surface area contributed by atoms with Gasteiger partial charge in [0.25, 0.3) is 0 Å². The van der Waals surface area contributed by atoms with Crippen molar-refractivity contribution >= 4 is 17.3 Å². The minimum Gasteiger partial charge on any atom is -0.357 e. The largest absolute Gasteiger partial charge is 0.401 e. The molecule has 0 fully saturated rings. The normalized spacial score (nSPS) is 12.7. The average Bonchev–Trinajstić information content (AvgIpc) is 2.82. The van der Waals surface area contributed by atoms with Gasteiger partial charge in [0.15, 0.2) is 5.96 Å². The second-order valence-electron chi connectivity index (χ2n) is 5.16. The van der Waals surface area contributed by atoms with Crippen molar-refractivity contribution in [2.45, 2.75) is 26.4 Å². The molecule has 1 aromatic heterocycles. The molecule has 1 aromatic rings. The van der Waals surface area contributed by atoms with Crippen molar-refractivity contribution in [1.82, 2.24) is 20.5 Å². The minimum atomic E-state index is -4.17. The van der Waals surface area contributed by atoms with Gasteiger partial charge in [-0.3, -0.25) is 9.89 Å². The van der Waals surface area contributed by atoms with Crippen LogP contribution in [0.2, 0.25) is 0 Å². The Morgan fingerprint density at radius 2 is 2.13 bits per heavy atom. The molecular formula is C14H24F3N5S. The maximum Gasteiger partial charge on any atom is 0.401 e. The van der Waals surface area contributed by atoms with Gasteiger partial charge in [-0.15, -0.1) is 11.3 Å². The number of aromatic nitrogens is 1. The Balaban J connectivity index is 2.34. The zero-order chi connectivity index (χ0) is 17.3. The van der Waals surface area contributed by atoms with E-state index >= 15 is 0 Å². The first-order valence-corrected chi connectivity index (χ1v) is 8.30. The first-order chi connectivity index (χ1) is 10.8. The fourth-order valence-electron chi connectivity index (χ4n) is 1.86. The number of thiazole rings is 1. The molecule has 0 saturated carbocycles. The molecule has 5 nitrogen and oxygen atoms in total. The molecule has 0 bridgehead atoms. The van der Waals surface area contributed by atoms with Gasteiger partial charge >= 0.3 is 6.18 Å². The second-order valence-corrected chi connectivity index (χ2v) is 6.47. The predicted octanol–water partition coefficient (Wildman–Crippen LogP) is 2.04. The first-order valence-electron chi connectivity index (χ1n) is 7.49. The van der Waals surface area contributed by atoms with Gasteiger partial charge in [0, 0.05) is 37.1 Å². The summed E-state index contributed by atoms with van der Waals surface area (Å²) in [4.78, 5) is 11.0. The fourth-order valence-corrected chi connectivity index (χ4v) is 2.65. The number of rotatable bonds is 8. The van der Waals surface area contributed by atoms with E-state index in [9.17, 15) is 13.2 Å². The van der Waals surface area contributed by atoms with Crippen molar-refractivity contribution in [1.29, 1.82) is 0 Å². The number of alkyl halides is 3. The van der Waals surface area contributed by atoms with E-state index in [0.717, 1.165) is 11.4 Å². The molecule has 0 aliphatic carbocycles. The molecule has 0 spiro atoms. The van der Waals surface area contributed by atoms with Gasteiger partial charge in [-0.1, -0.05) is 0 Å². The Kier molecular flexibility index (Phi) is 8.32. The standard InChI is InChI=1S/C14H24F3N5S/c1-4-18-13(19-6-5-12-21-9-11(2)23-12)20-7-8-22(3)10-14(15,16)17/h9H,4-8,10H2,1-3H3,(H2,18,19,20). The fraction of sp³-hybridized carbons (Fsp3) is 0.714. The summed E-state index contributed by atoms with van der Waals surface area (Å²) in [6, 6.07) is 0. The number of halogens is 3. The lowest BCUT2D eigenvalue weighted by molar-refractivity contribution is -0.142. The molecule has 0 aliphatic heterocycles. The Hall–Kier alpha value is -1.35. The minimum absolute atomic E-state index is 0.252. The van der Waals surface area contributed by atoms with E-state index in [1.807, 2.05) is 20.0 Å². The number of hydrogen-bond donors (Lipinski definition) is 2. The van der Waals surface area contributed by atoms with Gasteiger partial charge in [-0.05, 0) is 20.9 Å². The summed E-state index contributed by atoms with van der Waals surface area (Å²) in [6.45, 7) is 4.96. The molecular weight excluding hydrogens is 327 g/mol. The number of hydrogen-bond acceptors (Lipinski definition) is 4. The molecule has 0 unspecified atom stereocenters. The van der Waals surface area contributed by atoms with Crippen LogP contribution in [0.1, 0.15) is 16.8 Å². The Labute approximate surface area is 139 Å². The van der Waals surface area contributed by atoms with E-state index in [1.165, 1.54) is 16.8 Å². The highest BCUT2D eigenvalue weighted by Crippen LogP contribution is 2.15. The van der Waals surface area contributed by atoms with E-state index in [4.69, 9.17) is 0 Å². The van der Waals surface area contributed by atoms with Crippen molar-refractivity contribution in [3.8, 4) is 0 Å². The summed E-state index contributed by atoms with van der Waals surface area (Å²) in [5.41, 5.74) is 0. The third kappa shape index (κ3) is 9.39. The maximum absolute atomic E-state index is 12.2. The highest BCUT2D eigenvalue weighted by atomic mass is 32.1. The highest BCUT2D eigenvalue weighted by Gasteiger charge is 2.28. The van der Waals surface area contributed by atoms with Crippen LogP contribution in [-0.4, -0.2) is 61.8 Å². The zero-order valence-corrected chi connectivity index (χ0v) is 14.5. The molecule has 1 heterocycles. The summed E-state index contributed by atoms with van der Waals surface area (Å²) in [7, 11) is 1.44. The lowest BCUT2D eigenvalue weighted by atomic mass is 10.4. The Bertz CT molecular complexity index is 487. The number of aryl methyl sites for hydroxylation is 1. The van der Waals surface area contributed by atoms with Crippen LogP contribution in [0.25, 0.3) is 0 Å². The van der Waals surface area contributed by atoms with Crippen LogP contribution in [0.4, 0.5) is 13.2 Å². The summed E-state index contributed by atoms with van der Waals surface area (Å²) in [5, 5.41) is 7.29. The third-order valence-electron chi connectivity index (χ3n) is 2.85. The molecule has 0 aromatic carbocycles. The van der Waals surface area contributed by atoms with E-state index in [0.29, 0.717) is 25.6 Å². The first kappa shape index (κ1) is 19.7. The number of guanidine groups is 1. The van der Waals surface area contributed by atoms with Crippen LogP contribution in [0.15, 0.2) is 11.2 Å². The summed E-state index contributed by atoms with van der Waals surface area (Å²) >= 11 is 1.66. The van der Waals surface area contributed by atoms with E-state index in [-0.39, 0.29) is 6.54 Å². The van der Waals surface area contributed by atoms with Crippen molar-refractivity contribution in [3.05, 3.63) is 16.1 Å². The van der Waals surface area contributed by atoms with E-state index in [2.05, 4.69) is 20.6 Å². The monoisotopic (exact) mass is 351 g/mol. The molecule has 23 heavy (non-hydrogen) atoms. The van der Waals surface area contributed by atoms with Gasteiger partial charge in [-0.25, -0.2) is 4.98 Å². The van der Waals surface area contributed by atoms with Crippen molar-refractivity contribution in [2.24, 2.45) is 4.99 Å². The second kappa shape index (κ2) is 9.71. The SMILES string of the molecule is CCNC(=NCCN(C)CC(F)(F)F)NCCc1ncc(C)s1. The number of likely N-dealkylation sites (N-methyl/N-ethyl adjacent to an activating group) is 1. The van der Waals surface area contributed by atoms with Crippen LogP contribution in [0, 0.1) is 6.92 Å². The summed E-state index contributed by atoms with van der Waals surface area (Å²) in [5.74, 6) is 0.612. The number of nitrogens with zero attached hydrogens (tertiary/aromatic N) is 3. The smallest absolute Gasteiger partial charge is 0.357 e. The predicted molar refractivity (Wildman–Crippen MR) is 88.1 cm³/mol. The van der Waals surface area contributed by atoms with Gasteiger partial charge in [0.2, 0.25) is 0 Å². The molecule has 0 radical (unpaired) electrons. The Morgan fingerprint density at radius 1 is 1.39 bits per heavy atom. The Morgan fingerprint density at radius 3 is 2.70 bits per heavy atom. The van der Waals surface area contributed by atoms with Gasteiger partial charge in [0.05, 0.1) is 18.1 Å². The van der Waals surface area contributed by atoms with Gasteiger partial charge in [-0.2, -0.15) is 13.2 Å². The molecule has 0 saturated heterocycles. The van der Waals surface area contributed by atoms with Gasteiger partial charge in [0.1, 0.15) is 0 Å². The summed E-state index contributed by atoms with van der Waals surface area (Å²) in [6.07, 6.45) is -1.54. The third-order valence-corrected chi connectivity index (χ3v) is 3.82.